The average molecular weight is 631 g/mol. The maximum atomic E-state index is 13.1. The number of nitrogens with zero attached hydrogens (tertiary/aromatic N) is 2. The first-order valence-corrected chi connectivity index (χ1v) is 16.2. The van der Waals surface area contributed by atoms with Gasteiger partial charge in [0.25, 0.3) is 0 Å². The van der Waals surface area contributed by atoms with Gasteiger partial charge in [-0.3, -0.25) is 0 Å². The summed E-state index contributed by atoms with van der Waals surface area (Å²) in [6, 6.07) is 20.7. The van der Waals surface area contributed by atoms with Crippen LogP contribution in [0.5, 0.6) is 17.2 Å². The van der Waals surface area contributed by atoms with E-state index in [0.717, 1.165) is 28.8 Å². The van der Waals surface area contributed by atoms with Crippen molar-refractivity contribution < 1.29 is 42.6 Å². The van der Waals surface area contributed by atoms with E-state index in [0.29, 0.717) is 0 Å². The van der Waals surface area contributed by atoms with Crippen LogP contribution in [0, 0.1) is 20.8 Å². The van der Waals surface area contributed by atoms with Crippen molar-refractivity contribution in [2.45, 2.75) is 35.5 Å². The van der Waals surface area contributed by atoms with Crippen molar-refractivity contribution in [3.05, 3.63) is 113 Å². The van der Waals surface area contributed by atoms with Gasteiger partial charge >= 0.3 is 30.4 Å². The molecule has 0 amide bonds. The smallest absolute Gasteiger partial charge is 0.339 e. The molecule has 0 N–H and O–H groups in total. The SMILES string of the molecule is C=[N+]=[N-].Cc1ccc(S(=O)(=O)Oc2cccc(OS(=O)(=O)c3ccc(C)cc3)c2OS(=O)(=O)c2ccc(C)cc2)cc1. The van der Waals surface area contributed by atoms with E-state index in [-0.39, 0.29) is 14.7 Å². The van der Waals surface area contributed by atoms with E-state index in [1.54, 1.807) is 57.2 Å². The Morgan fingerprint density at radius 1 is 0.524 bits per heavy atom. The van der Waals surface area contributed by atoms with Crippen LogP contribution in [0.15, 0.2) is 106 Å². The second-order valence-corrected chi connectivity index (χ2v) is 13.4. The van der Waals surface area contributed by atoms with E-state index in [9.17, 15) is 25.3 Å². The number of aryl methyl sites for hydroxylation is 3. The Bertz CT molecular complexity index is 1820. The fourth-order valence-corrected chi connectivity index (χ4v) is 6.13. The molecule has 220 valence electrons. The molecule has 0 unspecified atom stereocenters. The van der Waals surface area contributed by atoms with Gasteiger partial charge in [0.05, 0.1) is 0 Å². The summed E-state index contributed by atoms with van der Waals surface area (Å²) < 4.78 is 94.0. The molecule has 0 saturated carbocycles. The Morgan fingerprint density at radius 3 is 1.07 bits per heavy atom. The topological polar surface area (TPSA) is 167 Å². The summed E-state index contributed by atoms with van der Waals surface area (Å²) in [6.45, 7) is 7.97. The fraction of sp³-hybridized carbons (Fsp3) is 0.107. The van der Waals surface area contributed by atoms with Gasteiger partial charge in [0.15, 0.2) is 11.5 Å². The zero-order valence-corrected chi connectivity index (χ0v) is 25.1. The highest BCUT2D eigenvalue weighted by molar-refractivity contribution is 7.87. The third-order valence-corrected chi connectivity index (χ3v) is 9.20. The van der Waals surface area contributed by atoms with Gasteiger partial charge in [-0.15, -0.1) is 0 Å². The van der Waals surface area contributed by atoms with Crippen LogP contribution in [0.2, 0.25) is 0 Å². The van der Waals surface area contributed by atoms with Crippen LogP contribution in [0.25, 0.3) is 5.53 Å². The average Bonchev–Trinajstić information content (AvgIpc) is 2.91. The Hall–Kier alpha value is -4.49. The Morgan fingerprint density at radius 2 is 0.786 bits per heavy atom. The van der Waals surface area contributed by atoms with Gasteiger partial charge in [-0.05, 0) is 69.3 Å². The number of para-hydroxylation sites is 1. The van der Waals surface area contributed by atoms with Crippen molar-refractivity contribution in [2.24, 2.45) is 0 Å². The van der Waals surface area contributed by atoms with Crippen LogP contribution in [-0.4, -0.2) is 36.8 Å². The molecular formula is C28H26N2O9S3. The van der Waals surface area contributed by atoms with Gasteiger partial charge in [0.2, 0.25) is 12.5 Å². The largest absolute Gasteiger partial charge is 0.375 e. The zero-order chi connectivity index (χ0) is 31.1. The maximum absolute atomic E-state index is 13.1. The second kappa shape index (κ2) is 13.0. The second-order valence-electron chi connectivity index (χ2n) is 8.78. The minimum atomic E-state index is -4.58. The number of rotatable bonds is 9. The van der Waals surface area contributed by atoms with E-state index in [2.05, 4.69) is 11.5 Å². The lowest BCUT2D eigenvalue weighted by molar-refractivity contribution is 0.0110. The molecule has 0 bridgehead atoms. The van der Waals surface area contributed by atoms with Gasteiger partial charge < -0.3 is 18.1 Å². The Kier molecular flexibility index (Phi) is 9.91. The number of hydrogen-bond acceptors (Lipinski definition) is 9. The lowest BCUT2D eigenvalue weighted by Gasteiger charge is -2.16. The molecule has 0 saturated heterocycles. The molecule has 11 nitrogen and oxygen atoms in total. The standard InChI is InChI=1S/C27H24O9S3.CH2N2/c1-19-7-13-22(14-8-19)37(28,29)34-25-5-4-6-26(35-38(30,31)23-15-9-20(2)10-16-23)27(25)36-39(32,33)24-17-11-21(3)12-18-24;1-3-2/h4-18H,1-3H3;1H2. The minimum absolute atomic E-state index is 0.209. The molecule has 0 radical (unpaired) electrons. The summed E-state index contributed by atoms with van der Waals surface area (Å²) in [5.41, 5.74) is 9.48. The number of hydrogen-bond donors (Lipinski definition) is 0. The normalized spacial score (nSPS) is 11.4. The molecule has 4 rings (SSSR count). The van der Waals surface area contributed by atoms with Crippen molar-refractivity contribution in [3.63, 3.8) is 0 Å². The first-order valence-electron chi connectivity index (χ1n) is 11.9. The highest BCUT2D eigenvalue weighted by Crippen LogP contribution is 2.41. The molecule has 4 aromatic carbocycles. The van der Waals surface area contributed by atoms with Crippen molar-refractivity contribution in [1.29, 1.82) is 0 Å². The zero-order valence-electron chi connectivity index (χ0n) is 22.7. The fourth-order valence-electron chi connectivity index (χ4n) is 3.31. The third kappa shape index (κ3) is 8.04. The molecule has 0 aliphatic heterocycles. The predicted octanol–water partition coefficient (Wildman–Crippen LogP) is 4.83. The van der Waals surface area contributed by atoms with Gasteiger partial charge in [-0.25, -0.2) is 0 Å². The van der Waals surface area contributed by atoms with Crippen molar-refractivity contribution in [3.8, 4) is 17.2 Å². The molecule has 0 aliphatic rings. The predicted molar refractivity (Wildman–Crippen MR) is 154 cm³/mol. The Labute approximate surface area is 244 Å². The third-order valence-electron chi connectivity index (χ3n) is 5.46. The van der Waals surface area contributed by atoms with E-state index < -0.39 is 47.6 Å². The molecular weight excluding hydrogens is 605 g/mol. The van der Waals surface area contributed by atoms with E-state index in [4.69, 9.17) is 18.1 Å². The molecule has 0 aromatic heterocycles. The lowest BCUT2D eigenvalue weighted by Crippen LogP contribution is -2.16. The molecule has 0 fully saturated rings. The first kappa shape index (κ1) is 32.0. The van der Waals surface area contributed by atoms with E-state index in [1.165, 1.54) is 42.5 Å². The molecule has 0 heterocycles. The minimum Gasteiger partial charge on any atom is -0.375 e. The first-order chi connectivity index (χ1) is 19.7. The quantitative estimate of drug-likeness (QED) is 0.109. The van der Waals surface area contributed by atoms with Crippen LogP contribution >= 0.6 is 0 Å². The van der Waals surface area contributed by atoms with Crippen LogP contribution < -0.4 is 12.5 Å². The summed E-state index contributed by atoms with van der Waals surface area (Å²) in [6.07, 6.45) is 0. The molecule has 0 aliphatic carbocycles. The summed E-state index contributed by atoms with van der Waals surface area (Å²) in [4.78, 5) is 1.58. The van der Waals surface area contributed by atoms with Gasteiger partial charge in [0, 0.05) is 0 Å². The van der Waals surface area contributed by atoms with Crippen LogP contribution in [0.1, 0.15) is 16.7 Å². The van der Waals surface area contributed by atoms with Gasteiger partial charge in [-0.1, -0.05) is 59.2 Å². The molecule has 4 aromatic rings. The molecule has 0 spiro atoms. The summed E-state index contributed by atoms with van der Waals surface area (Å²) in [5, 5.41) is 0. The maximum Gasteiger partial charge on any atom is 0.339 e. The van der Waals surface area contributed by atoms with Crippen molar-refractivity contribution in [1.82, 2.24) is 0 Å². The van der Waals surface area contributed by atoms with E-state index in [1.807, 2.05) is 0 Å². The monoisotopic (exact) mass is 630 g/mol. The number of benzene rings is 4. The van der Waals surface area contributed by atoms with Crippen LogP contribution in [0.3, 0.4) is 0 Å². The van der Waals surface area contributed by atoms with Crippen molar-refractivity contribution >= 4 is 37.1 Å². The summed E-state index contributed by atoms with van der Waals surface area (Å²) in [7, 11) is -13.5. The summed E-state index contributed by atoms with van der Waals surface area (Å²) in [5.74, 6) is -1.95. The molecule has 14 heteroatoms. The molecule has 0 atom stereocenters. The van der Waals surface area contributed by atoms with Crippen molar-refractivity contribution in [2.75, 3.05) is 0 Å². The summed E-state index contributed by atoms with van der Waals surface area (Å²) >= 11 is 0. The molecule has 42 heavy (non-hydrogen) atoms. The van der Waals surface area contributed by atoms with Crippen LogP contribution in [-0.2, 0) is 30.4 Å². The van der Waals surface area contributed by atoms with Gasteiger partial charge in [0.1, 0.15) is 14.7 Å². The highest BCUT2D eigenvalue weighted by atomic mass is 32.2. The van der Waals surface area contributed by atoms with Gasteiger partial charge in [-0.2, -0.15) is 30.0 Å². The van der Waals surface area contributed by atoms with E-state index >= 15 is 0 Å². The van der Waals surface area contributed by atoms with Crippen LogP contribution in [0.4, 0.5) is 0 Å². The Balaban J connectivity index is 0.00000155. The highest BCUT2D eigenvalue weighted by Gasteiger charge is 2.29. The lowest BCUT2D eigenvalue weighted by atomic mass is 10.2.